The highest BCUT2D eigenvalue weighted by Gasteiger charge is 2.35. The minimum absolute atomic E-state index is 0.263. The number of thiazole rings is 1. The van der Waals surface area contributed by atoms with Crippen molar-refractivity contribution in [3.05, 3.63) is 94.0 Å². The lowest BCUT2D eigenvalue weighted by Gasteiger charge is -2.30. The predicted molar refractivity (Wildman–Crippen MR) is 193 cm³/mol. The molecule has 0 saturated carbocycles. The smallest absolute Gasteiger partial charge is 0.285 e. The second-order valence-electron chi connectivity index (χ2n) is 12.6. The number of thioether (sulfide) groups is 1. The first-order chi connectivity index (χ1) is 23.0. The van der Waals surface area contributed by atoms with Gasteiger partial charge in [0.05, 0.1) is 17.0 Å². The number of sulfonamides is 3. The highest BCUT2D eigenvalue weighted by Crippen LogP contribution is 2.47. The van der Waals surface area contributed by atoms with Crippen molar-refractivity contribution < 1.29 is 47.4 Å². The van der Waals surface area contributed by atoms with E-state index in [1.807, 2.05) is 26.0 Å². The number of benzene rings is 2. The molecule has 1 aliphatic carbocycles. The van der Waals surface area contributed by atoms with Gasteiger partial charge >= 0.3 is 0 Å². The molecule has 0 fully saturated rings. The Morgan fingerprint density at radius 1 is 0.980 bits per heavy atom. The molecule has 2 aliphatic rings. The van der Waals surface area contributed by atoms with Crippen LogP contribution in [0, 0.1) is 17.0 Å². The van der Waals surface area contributed by atoms with E-state index in [2.05, 4.69) is 3.77 Å². The van der Waals surface area contributed by atoms with Crippen molar-refractivity contribution >= 4 is 84.7 Å². The Kier molecular flexibility index (Phi) is 10.6. The topological polar surface area (TPSA) is 171 Å². The van der Waals surface area contributed by atoms with Crippen LogP contribution in [0.3, 0.4) is 0 Å². The normalized spacial score (nSPS) is 19.7. The maximum absolute atomic E-state index is 14.3. The fourth-order valence-corrected chi connectivity index (χ4v) is 13.1. The number of nitrogens with zero attached hydrogens (tertiary/aromatic N) is 3. The van der Waals surface area contributed by atoms with Gasteiger partial charge in [-0.1, -0.05) is 58.9 Å². The van der Waals surface area contributed by atoms with Crippen LogP contribution >= 0.6 is 23.1 Å². The van der Waals surface area contributed by atoms with Gasteiger partial charge in [-0.15, -0.1) is 4.13 Å². The average molecular weight is 808 g/mol. The summed E-state index contributed by atoms with van der Waals surface area (Å²) in [6.45, 7) is 4.07. The Hall–Kier alpha value is -2.98. The Bertz CT molecular complexity index is 2470. The highest BCUT2D eigenvalue weighted by atomic mass is 32.3. The molecule has 0 radical (unpaired) electrons. The highest BCUT2D eigenvalue weighted by molar-refractivity contribution is 8.04. The van der Waals surface area contributed by atoms with Crippen molar-refractivity contribution in [3.63, 3.8) is 0 Å². The molecule has 12 nitrogen and oxygen atoms in total. The first-order valence-corrected chi connectivity index (χ1v) is 23.2. The second-order valence-corrected chi connectivity index (χ2v) is 21.9. The molecule has 2 heterocycles. The molecular weight excluding hydrogens is 775 g/mol. The van der Waals surface area contributed by atoms with Gasteiger partial charge in [-0.05, 0) is 66.3 Å². The van der Waals surface area contributed by atoms with Gasteiger partial charge in [-0.25, -0.2) is 38.2 Å². The van der Waals surface area contributed by atoms with Crippen LogP contribution in [-0.2, 0) is 46.0 Å². The molecule has 1 atom stereocenters. The maximum atomic E-state index is 14.3. The molecule has 1 aromatic heterocycles. The van der Waals surface area contributed by atoms with Gasteiger partial charge in [0.15, 0.2) is 10.0 Å². The lowest BCUT2D eigenvalue weighted by molar-refractivity contribution is -0.649. The van der Waals surface area contributed by atoms with Crippen LogP contribution in [0.2, 0.25) is 0 Å². The van der Waals surface area contributed by atoms with Gasteiger partial charge in [-0.3, -0.25) is 4.55 Å². The molecule has 3 aromatic rings. The quantitative estimate of drug-likeness (QED) is 0.256. The van der Waals surface area contributed by atoms with Crippen molar-refractivity contribution in [1.29, 1.82) is 0 Å². The van der Waals surface area contributed by atoms with Crippen LogP contribution in [0.1, 0.15) is 31.7 Å². The summed E-state index contributed by atoms with van der Waals surface area (Å²) in [5.74, 6) is -2.74. The van der Waals surface area contributed by atoms with E-state index in [0.29, 0.717) is 38.0 Å². The summed E-state index contributed by atoms with van der Waals surface area (Å²) >= 11 is 2.44. The predicted octanol–water partition coefficient (Wildman–Crippen LogP) is 5.30. The lowest BCUT2D eigenvalue weighted by Crippen LogP contribution is -2.45. The standard InChI is InChI=1S/C30H32F2N4O8S6/c1-30(2)16-20(7-5-6-8-28-35(18-49(41,42)33-47(3,37)38)24-14-22(31)9-11-26(24)45-28)13-21(17-30)29-36(19-50(43,44)34-48(4,39)40)25-15-23(32)10-12-27(25)46-29/h5-15,34H,16-19H2,1-4H3/p+1. The fourth-order valence-electron chi connectivity index (χ4n) is 5.60. The zero-order chi connectivity index (χ0) is 36.9. The molecule has 0 spiro atoms. The van der Waals surface area contributed by atoms with Gasteiger partial charge in [-0.2, -0.15) is 4.57 Å². The van der Waals surface area contributed by atoms with E-state index in [0.717, 1.165) is 23.7 Å². The third-order valence-electron chi connectivity index (χ3n) is 7.12. The Morgan fingerprint density at radius 2 is 1.64 bits per heavy atom. The zero-order valence-corrected chi connectivity index (χ0v) is 31.9. The molecule has 20 heteroatoms. The minimum Gasteiger partial charge on any atom is -0.318 e. The molecule has 1 unspecified atom stereocenters. The number of aromatic nitrogens is 1. The molecule has 0 amide bonds. The number of fused-ring (bicyclic) bond motifs is 2. The van der Waals surface area contributed by atoms with E-state index in [1.54, 1.807) is 22.4 Å². The maximum Gasteiger partial charge on any atom is 0.285 e. The summed E-state index contributed by atoms with van der Waals surface area (Å²) in [4.78, 5) is 1.87. The van der Waals surface area contributed by atoms with Crippen LogP contribution in [-0.4, -0.2) is 52.4 Å². The monoisotopic (exact) mass is 807 g/mol. The fraction of sp³-hybridized carbons (Fsp3) is 0.300. The Labute approximate surface area is 298 Å². The van der Waals surface area contributed by atoms with Gasteiger partial charge in [0, 0.05) is 22.8 Å². The van der Waals surface area contributed by atoms with Crippen LogP contribution < -0.4 is 13.6 Å². The summed E-state index contributed by atoms with van der Waals surface area (Å²) in [5, 5.41) is 0.921. The van der Waals surface area contributed by atoms with Crippen molar-refractivity contribution in [1.82, 2.24) is 4.13 Å². The Balaban J connectivity index is 1.51. The molecule has 5 rings (SSSR count). The molecule has 50 heavy (non-hydrogen) atoms. The number of allylic oxidation sites excluding steroid dienone is 7. The molecular formula is C30H33F2N4O8S6+. The summed E-state index contributed by atoms with van der Waals surface area (Å²) in [5.41, 5.74) is 1.88. The van der Waals surface area contributed by atoms with Crippen molar-refractivity contribution in [2.24, 2.45) is 9.18 Å². The van der Waals surface area contributed by atoms with Crippen molar-refractivity contribution in [2.45, 2.75) is 37.5 Å². The molecule has 2 N–H and O–H groups in total. The third kappa shape index (κ3) is 9.87. The van der Waals surface area contributed by atoms with Crippen molar-refractivity contribution in [3.8, 4) is 0 Å². The first-order valence-electron chi connectivity index (χ1n) is 14.5. The van der Waals surface area contributed by atoms with E-state index >= 15 is 0 Å². The van der Waals surface area contributed by atoms with Crippen LogP contribution in [0.4, 0.5) is 14.5 Å². The van der Waals surface area contributed by atoms with Crippen molar-refractivity contribution in [2.75, 3.05) is 23.3 Å². The summed E-state index contributed by atoms with van der Waals surface area (Å²) < 4.78 is 131. The minimum atomic E-state index is -4.43. The van der Waals surface area contributed by atoms with Crippen LogP contribution in [0.25, 0.3) is 15.8 Å². The molecule has 1 aliphatic heterocycles. The molecule has 0 bridgehead atoms. The largest absolute Gasteiger partial charge is 0.318 e. The molecule has 0 saturated heterocycles. The van der Waals surface area contributed by atoms with Crippen LogP contribution in [0.5, 0.6) is 0 Å². The third-order valence-corrected chi connectivity index (χ3v) is 14.9. The summed E-state index contributed by atoms with van der Waals surface area (Å²) in [6.07, 6.45) is 11.4. The number of hydrogen-bond donors (Lipinski definition) is 2. The number of rotatable bonds is 10. The number of nitrogens with one attached hydrogen (secondary N) is 1. The number of hydrogen-bond acceptors (Lipinski definition) is 10. The SMILES string of the molecule is CC1(C)CC(=CC=CC=C2Sc3ccc(F)cc3N2CS(=O)(=O)N=S(C)(=O)O)C=C(c2sc3ccc(F)cc3[n+]2CS(=O)(=O)NS(C)(=O)=O)C1. The van der Waals surface area contributed by atoms with E-state index in [1.165, 1.54) is 69.0 Å². The van der Waals surface area contributed by atoms with Crippen LogP contribution in [0.15, 0.2) is 86.0 Å². The zero-order valence-electron chi connectivity index (χ0n) is 27.0. The summed E-state index contributed by atoms with van der Waals surface area (Å²) in [7, 11) is -16.9. The Morgan fingerprint density at radius 3 is 2.32 bits per heavy atom. The lowest BCUT2D eigenvalue weighted by atomic mass is 9.75. The van der Waals surface area contributed by atoms with E-state index in [4.69, 9.17) is 0 Å². The van der Waals surface area contributed by atoms with Gasteiger partial charge in [0.1, 0.15) is 22.2 Å². The van der Waals surface area contributed by atoms with Gasteiger partial charge in [0.25, 0.3) is 30.9 Å². The first kappa shape index (κ1) is 38.3. The average Bonchev–Trinajstić information content (AvgIpc) is 3.44. The number of halogens is 2. The molecule has 2 aromatic carbocycles. The summed E-state index contributed by atoms with van der Waals surface area (Å²) in [6, 6.07) is 7.90. The van der Waals surface area contributed by atoms with Gasteiger partial charge < -0.3 is 4.90 Å². The van der Waals surface area contributed by atoms with E-state index < -0.39 is 63.5 Å². The van der Waals surface area contributed by atoms with E-state index in [9.17, 15) is 42.8 Å². The number of anilines is 1. The van der Waals surface area contributed by atoms with E-state index in [-0.39, 0.29) is 11.1 Å². The molecule has 270 valence electrons. The van der Waals surface area contributed by atoms with Gasteiger partial charge in [0.2, 0.25) is 15.5 Å². The second kappa shape index (κ2) is 13.9.